The molecule has 10 heteroatoms. The number of nitrogens with zero attached hydrogens (tertiary/aromatic N) is 2. The van der Waals surface area contributed by atoms with E-state index in [2.05, 4.69) is 10.2 Å². The van der Waals surface area contributed by atoms with Crippen molar-refractivity contribution < 1.29 is 18.0 Å². The number of amides is 2. The van der Waals surface area contributed by atoms with Crippen molar-refractivity contribution in [3.63, 3.8) is 0 Å². The van der Waals surface area contributed by atoms with E-state index in [1.807, 2.05) is 0 Å². The lowest BCUT2D eigenvalue weighted by Crippen LogP contribution is -2.52. The fraction of sp³-hybridized carbons (Fsp3) is 0.429. The molecule has 0 aliphatic carbocycles. The van der Waals surface area contributed by atoms with Gasteiger partial charge in [-0.1, -0.05) is 0 Å². The summed E-state index contributed by atoms with van der Waals surface area (Å²) in [4.78, 5) is 27.7. The largest absolute Gasteiger partial charge is 0.332 e. The van der Waals surface area contributed by atoms with Gasteiger partial charge in [0.2, 0.25) is 10.0 Å². The van der Waals surface area contributed by atoms with E-state index in [4.69, 9.17) is 10.9 Å². The van der Waals surface area contributed by atoms with Crippen LogP contribution in [0, 0.1) is 0 Å². The van der Waals surface area contributed by atoms with Gasteiger partial charge in [0.05, 0.1) is 4.90 Å². The van der Waals surface area contributed by atoms with E-state index in [1.165, 1.54) is 29.2 Å². The minimum atomic E-state index is -3.79. The third kappa shape index (κ3) is 4.74. The molecule has 1 saturated heterocycles. The molecule has 0 spiro atoms. The molecule has 0 saturated carbocycles. The highest BCUT2D eigenvalue weighted by molar-refractivity contribution is 7.89. The number of piperazine rings is 1. The maximum absolute atomic E-state index is 12.1. The summed E-state index contributed by atoms with van der Waals surface area (Å²) in [7, 11) is -3.79. The highest BCUT2D eigenvalue weighted by Gasteiger charge is 2.25. The number of hydrogen-bond acceptors (Lipinski definition) is 6. The van der Waals surface area contributed by atoms with Crippen LogP contribution in [0.15, 0.2) is 29.2 Å². The fourth-order valence-electron chi connectivity index (χ4n) is 2.41. The zero-order valence-electron chi connectivity index (χ0n) is 13.1. The molecule has 0 bridgehead atoms. The number of benzene rings is 1. The Morgan fingerprint density at radius 1 is 1.08 bits per heavy atom. The minimum Gasteiger partial charge on any atom is -0.332 e. The van der Waals surface area contributed by atoms with Crippen LogP contribution in [0.4, 0.5) is 5.69 Å². The molecule has 0 radical (unpaired) electrons. The number of hydrogen-bond donors (Lipinski definition) is 3. The van der Waals surface area contributed by atoms with Crippen LogP contribution in [0.2, 0.25) is 0 Å². The lowest BCUT2D eigenvalue weighted by atomic mass is 10.3. The van der Waals surface area contributed by atoms with Gasteiger partial charge in [-0.3, -0.25) is 14.5 Å². The first kappa shape index (κ1) is 18.3. The van der Waals surface area contributed by atoms with Crippen molar-refractivity contribution in [3.8, 4) is 0 Å². The third-order valence-corrected chi connectivity index (χ3v) is 4.67. The molecular weight excluding hydrogens is 334 g/mol. The molecule has 1 aliphatic heterocycles. The zero-order valence-corrected chi connectivity index (χ0v) is 14.0. The molecule has 1 heterocycles. The van der Waals surface area contributed by atoms with Gasteiger partial charge in [0.1, 0.15) is 0 Å². The lowest BCUT2D eigenvalue weighted by molar-refractivity contribution is -0.144. The standard InChI is InChI=1S/C14H21N5O4S/c15-5-6-18-7-9-19(10-8-18)14(21)13(20)17-11-1-3-12(4-2-11)24(16,22)23/h1-4H,5-10,15H2,(H,17,20)(H2,16,22,23). The molecule has 1 aliphatic rings. The molecule has 1 aromatic carbocycles. The van der Waals surface area contributed by atoms with E-state index in [0.29, 0.717) is 38.4 Å². The van der Waals surface area contributed by atoms with Crippen molar-refractivity contribution in [2.24, 2.45) is 10.9 Å². The van der Waals surface area contributed by atoms with E-state index >= 15 is 0 Å². The van der Waals surface area contributed by atoms with E-state index in [0.717, 1.165) is 6.54 Å². The predicted molar refractivity (Wildman–Crippen MR) is 88.5 cm³/mol. The first-order chi connectivity index (χ1) is 11.3. The molecule has 2 amide bonds. The van der Waals surface area contributed by atoms with Crippen molar-refractivity contribution in [3.05, 3.63) is 24.3 Å². The minimum absolute atomic E-state index is 0.0668. The number of carbonyl (C=O) groups is 2. The molecule has 0 aromatic heterocycles. The van der Waals surface area contributed by atoms with Crippen LogP contribution >= 0.6 is 0 Å². The van der Waals surface area contributed by atoms with Crippen molar-refractivity contribution in [2.45, 2.75) is 4.90 Å². The summed E-state index contributed by atoms with van der Waals surface area (Å²) in [6.45, 7) is 3.62. The van der Waals surface area contributed by atoms with Crippen LogP contribution in [0.3, 0.4) is 0 Å². The number of rotatable bonds is 4. The Kier molecular flexibility index (Phi) is 5.89. The summed E-state index contributed by atoms with van der Waals surface area (Å²) in [6.07, 6.45) is 0. The van der Waals surface area contributed by atoms with Crippen LogP contribution < -0.4 is 16.2 Å². The maximum atomic E-state index is 12.1. The summed E-state index contributed by atoms with van der Waals surface area (Å²) in [5.74, 6) is -1.37. The Morgan fingerprint density at radius 2 is 1.67 bits per heavy atom. The Morgan fingerprint density at radius 3 is 2.17 bits per heavy atom. The average Bonchev–Trinajstić information content (AvgIpc) is 2.55. The third-order valence-electron chi connectivity index (χ3n) is 3.74. The van der Waals surface area contributed by atoms with Gasteiger partial charge in [-0.25, -0.2) is 13.6 Å². The average molecular weight is 355 g/mol. The molecule has 9 nitrogen and oxygen atoms in total. The zero-order chi connectivity index (χ0) is 17.7. The second-order valence-electron chi connectivity index (χ2n) is 5.45. The van der Waals surface area contributed by atoms with Crippen LogP contribution in [0.25, 0.3) is 0 Å². The van der Waals surface area contributed by atoms with Gasteiger partial charge in [-0.15, -0.1) is 0 Å². The van der Waals surface area contributed by atoms with Gasteiger partial charge < -0.3 is 16.0 Å². The van der Waals surface area contributed by atoms with Crippen molar-refractivity contribution in [1.29, 1.82) is 0 Å². The highest BCUT2D eigenvalue weighted by atomic mass is 32.2. The van der Waals surface area contributed by atoms with Crippen molar-refractivity contribution >= 4 is 27.5 Å². The Hall–Kier alpha value is -2.01. The summed E-state index contributed by atoms with van der Waals surface area (Å²) < 4.78 is 22.3. The van der Waals surface area contributed by atoms with Gasteiger partial charge in [-0.05, 0) is 24.3 Å². The molecule has 0 unspecified atom stereocenters. The van der Waals surface area contributed by atoms with Gasteiger partial charge >= 0.3 is 11.8 Å². The molecule has 132 valence electrons. The highest BCUT2D eigenvalue weighted by Crippen LogP contribution is 2.13. The Labute approximate surface area is 140 Å². The van der Waals surface area contributed by atoms with Crippen LogP contribution in [0.5, 0.6) is 0 Å². The first-order valence-corrected chi connectivity index (χ1v) is 9.01. The van der Waals surface area contributed by atoms with Gasteiger partial charge in [-0.2, -0.15) is 0 Å². The summed E-state index contributed by atoms with van der Waals surface area (Å²) in [6, 6.07) is 5.29. The number of nitrogens with one attached hydrogen (secondary N) is 1. The van der Waals surface area contributed by atoms with Gasteiger partial charge in [0, 0.05) is 45.0 Å². The van der Waals surface area contributed by atoms with Crippen LogP contribution in [-0.4, -0.2) is 69.3 Å². The van der Waals surface area contributed by atoms with Crippen molar-refractivity contribution in [1.82, 2.24) is 9.80 Å². The van der Waals surface area contributed by atoms with Gasteiger partial charge in [0.15, 0.2) is 0 Å². The van der Waals surface area contributed by atoms with Crippen LogP contribution in [-0.2, 0) is 19.6 Å². The smallest absolute Gasteiger partial charge is 0.313 e. The quantitative estimate of drug-likeness (QED) is 0.555. The van der Waals surface area contributed by atoms with Gasteiger partial charge in [0.25, 0.3) is 0 Å². The predicted octanol–water partition coefficient (Wildman–Crippen LogP) is -1.62. The van der Waals surface area contributed by atoms with E-state index < -0.39 is 21.8 Å². The van der Waals surface area contributed by atoms with E-state index in [1.54, 1.807) is 0 Å². The molecule has 0 atom stereocenters. The number of carbonyl (C=O) groups excluding carboxylic acids is 2. The van der Waals surface area contributed by atoms with Crippen molar-refractivity contribution in [2.75, 3.05) is 44.6 Å². The molecule has 1 fully saturated rings. The number of sulfonamides is 1. The summed E-state index contributed by atoms with van der Waals surface area (Å²) >= 11 is 0. The molecular formula is C14H21N5O4S. The monoisotopic (exact) mass is 355 g/mol. The number of nitrogens with two attached hydrogens (primary N) is 2. The molecule has 5 N–H and O–H groups in total. The first-order valence-electron chi connectivity index (χ1n) is 7.47. The number of primary sulfonamides is 1. The Balaban J connectivity index is 1.91. The molecule has 24 heavy (non-hydrogen) atoms. The maximum Gasteiger partial charge on any atom is 0.313 e. The topological polar surface area (TPSA) is 139 Å². The summed E-state index contributed by atoms with van der Waals surface area (Å²) in [5, 5.41) is 7.45. The second kappa shape index (κ2) is 7.71. The molecule has 1 aromatic rings. The van der Waals surface area contributed by atoms with E-state index in [9.17, 15) is 18.0 Å². The van der Waals surface area contributed by atoms with E-state index in [-0.39, 0.29) is 4.90 Å². The fourth-order valence-corrected chi connectivity index (χ4v) is 2.93. The summed E-state index contributed by atoms with van der Waals surface area (Å²) in [5.41, 5.74) is 5.82. The normalized spacial score (nSPS) is 16.0. The SMILES string of the molecule is NCCN1CCN(C(=O)C(=O)Nc2ccc(S(N)(=O)=O)cc2)CC1. The Bertz CT molecular complexity index is 696. The molecule has 2 rings (SSSR count). The van der Waals surface area contributed by atoms with Crippen LogP contribution in [0.1, 0.15) is 0 Å². The lowest BCUT2D eigenvalue weighted by Gasteiger charge is -2.34. The number of anilines is 1. The second-order valence-corrected chi connectivity index (χ2v) is 7.01.